The first kappa shape index (κ1) is 50.8. The van der Waals surface area contributed by atoms with Crippen molar-refractivity contribution in [2.45, 2.75) is 232 Å². The summed E-state index contributed by atoms with van der Waals surface area (Å²) in [4.78, 5) is 5.55. The Morgan fingerprint density at radius 2 is 0.667 bits per heavy atom. The standard InChI is InChI=1S/C72H89BN2/c1-64(2,3)48-23-21-20-22-47(48)44-36-61-63-62(37-44)75(46-25-27-50-52(39-46)68(10,11)31-29-66(50,6)7)60-43-56-54(70(14,15)33-35-72(56,18)19)41-58(60)73(63)57-40-53-55(71(16,17)34-32-69(53,12)13)42-59(57)74(61)45-24-26-49-51(38-45)67(8,9)30-28-65(49,4)5/h20-27,36-43H,28-35H2,1-19H3. The highest BCUT2D eigenvalue weighted by molar-refractivity contribution is 7.00. The lowest BCUT2D eigenvalue weighted by Crippen LogP contribution is -2.62. The first-order chi connectivity index (χ1) is 34.7. The maximum atomic E-state index is 2.77. The molecule has 12 rings (SSSR count). The highest BCUT2D eigenvalue weighted by Crippen LogP contribution is 2.56. The van der Waals surface area contributed by atoms with E-state index in [0.717, 1.165) is 0 Å². The Morgan fingerprint density at radius 3 is 1.03 bits per heavy atom. The molecule has 0 N–H and O–H groups in total. The molecule has 4 aliphatic carbocycles. The number of hydrogen-bond acceptors (Lipinski definition) is 2. The van der Waals surface area contributed by atoms with Crippen LogP contribution < -0.4 is 26.2 Å². The molecule has 0 spiro atoms. The second kappa shape index (κ2) is 15.8. The summed E-state index contributed by atoms with van der Waals surface area (Å²) < 4.78 is 0. The molecular formula is C72H89BN2. The van der Waals surface area contributed by atoms with Crippen molar-refractivity contribution in [1.29, 1.82) is 0 Å². The fourth-order valence-corrected chi connectivity index (χ4v) is 15.6. The van der Waals surface area contributed by atoms with Gasteiger partial charge in [0.2, 0.25) is 0 Å². The molecule has 0 fully saturated rings. The SMILES string of the molecule is CC(C)(C)c1ccccc1-c1cc2c3c(c1)N(c1ccc4c(c1)C(C)(C)CCC4(C)C)c1cc4c(cc1B3c1cc3c(cc1N2c1ccc2c(c1)C(C)(C)CCC2(C)C)C(C)(C)CCC3(C)C)C(C)(C)CCC4(C)C. The van der Waals surface area contributed by atoms with Gasteiger partial charge in [-0.3, -0.25) is 0 Å². The zero-order valence-corrected chi connectivity index (χ0v) is 49.9. The Bertz CT molecular complexity index is 3200. The van der Waals surface area contributed by atoms with Gasteiger partial charge in [0.05, 0.1) is 0 Å². The van der Waals surface area contributed by atoms with Crippen molar-refractivity contribution < 1.29 is 0 Å². The van der Waals surface area contributed by atoms with Crippen molar-refractivity contribution in [2.24, 2.45) is 0 Å². The quantitative estimate of drug-likeness (QED) is 0.163. The van der Waals surface area contributed by atoms with Gasteiger partial charge < -0.3 is 9.80 Å². The molecule has 0 radical (unpaired) electrons. The van der Waals surface area contributed by atoms with E-state index in [9.17, 15) is 0 Å². The molecule has 6 aromatic carbocycles. The molecule has 0 atom stereocenters. The molecule has 0 saturated carbocycles. The van der Waals surface area contributed by atoms with Gasteiger partial charge in [-0.2, -0.15) is 0 Å². The van der Waals surface area contributed by atoms with Gasteiger partial charge >= 0.3 is 0 Å². The average Bonchev–Trinajstić information content (AvgIpc) is 3.34. The first-order valence-corrected chi connectivity index (χ1v) is 29.3. The summed E-state index contributed by atoms with van der Waals surface area (Å²) in [6.07, 6.45) is 9.47. The van der Waals surface area contributed by atoms with Gasteiger partial charge in [0.1, 0.15) is 0 Å². The maximum absolute atomic E-state index is 2.77. The molecule has 0 saturated heterocycles. The molecule has 6 aliphatic rings. The average molecular weight is 993 g/mol. The molecule has 0 unspecified atom stereocenters. The van der Waals surface area contributed by atoms with Crippen LogP contribution in [0.3, 0.4) is 0 Å². The van der Waals surface area contributed by atoms with Crippen LogP contribution in [-0.4, -0.2) is 6.71 Å². The molecule has 0 aromatic heterocycles. The molecule has 6 aromatic rings. The van der Waals surface area contributed by atoms with Crippen LogP contribution in [0.2, 0.25) is 0 Å². The van der Waals surface area contributed by atoms with Crippen LogP contribution in [0.1, 0.15) is 233 Å². The van der Waals surface area contributed by atoms with E-state index in [1.807, 2.05) is 0 Å². The fourth-order valence-electron chi connectivity index (χ4n) is 15.6. The number of fused-ring (bicyclic) bond motifs is 8. The smallest absolute Gasteiger partial charge is 0.252 e. The van der Waals surface area contributed by atoms with Crippen molar-refractivity contribution in [1.82, 2.24) is 0 Å². The molecule has 2 aliphatic heterocycles. The van der Waals surface area contributed by atoms with Crippen LogP contribution in [0.4, 0.5) is 34.1 Å². The summed E-state index contributed by atoms with van der Waals surface area (Å²) in [6.45, 7) is 47.2. The van der Waals surface area contributed by atoms with E-state index in [2.05, 4.69) is 238 Å². The molecule has 0 amide bonds. The topological polar surface area (TPSA) is 6.48 Å². The lowest BCUT2D eigenvalue weighted by atomic mass is 9.32. The summed E-state index contributed by atoms with van der Waals surface area (Å²) in [5, 5.41) is 0. The predicted molar refractivity (Wildman–Crippen MR) is 326 cm³/mol. The largest absolute Gasteiger partial charge is 0.311 e. The minimum Gasteiger partial charge on any atom is -0.311 e. The Labute approximate surface area is 454 Å². The van der Waals surface area contributed by atoms with Gasteiger partial charge in [0, 0.05) is 34.1 Å². The summed E-state index contributed by atoms with van der Waals surface area (Å²) in [7, 11) is 0. The third-order valence-corrected chi connectivity index (χ3v) is 21.2. The second-order valence-electron chi connectivity index (χ2n) is 31.3. The van der Waals surface area contributed by atoms with Gasteiger partial charge in [0.25, 0.3) is 6.71 Å². The van der Waals surface area contributed by atoms with Gasteiger partial charge in [0.15, 0.2) is 0 Å². The van der Waals surface area contributed by atoms with Crippen molar-refractivity contribution in [3.05, 3.63) is 147 Å². The Kier molecular flexibility index (Phi) is 10.7. The van der Waals surface area contributed by atoms with E-state index < -0.39 is 0 Å². The Balaban J connectivity index is 1.27. The van der Waals surface area contributed by atoms with Crippen molar-refractivity contribution >= 4 is 57.2 Å². The molecule has 2 nitrogen and oxygen atoms in total. The normalized spacial score (nSPS) is 22.1. The first-order valence-electron chi connectivity index (χ1n) is 29.3. The summed E-state index contributed by atoms with van der Waals surface area (Å²) >= 11 is 0. The number of benzene rings is 6. The summed E-state index contributed by atoms with van der Waals surface area (Å²) in [5.74, 6) is 0. The molecule has 0 bridgehead atoms. The van der Waals surface area contributed by atoms with Gasteiger partial charge in [-0.1, -0.05) is 180 Å². The number of rotatable bonds is 3. The third-order valence-electron chi connectivity index (χ3n) is 21.2. The minimum absolute atomic E-state index is 0.0256. The maximum Gasteiger partial charge on any atom is 0.252 e. The van der Waals surface area contributed by atoms with Crippen LogP contribution in [0.25, 0.3) is 11.1 Å². The van der Waals surface area contributed by atoms with Crippen LogP contribution in [-0.2, 0) is 48.7 Å². The summed E-state index contributed by atoms with van der Waals surface area (Å²) in [6, 6.07) is 40.9. The number of anilines is 6. The van der Waals surface area contributed by atoms with Crippen molar-refractivity contribution in [2.75, 3.05) is 9.80 Å². The second-order valence-corrected chi connectivity index (χ2v) is 31.3. The fraction of sp³-hybridized carbons (Fsp3) is 0.500. The van der Waals surface area contributed by atoms with Crippen LogP contribution >= 0.6 is 0 Å². The lowest BCUT2D eigenvalue weighted by molar-refractivity contribution is 0.332. The molecule has 3 heteroatoms. The zero-order valence-electron chi connectivity index (χ0n) is 49.9. The monoisotopic (exact) mass is 993 g/mol. The van der Waals surface area contributed by atoms with Gasteiger partial charge in [-0.15, -0.1) is 0 Å². The molecular weight excluding hydrogens is 904 g/mol. The highest BCUT2D eigenvalue weighted by Gasteiger charge is 2.50. The van der Waals surface area contributed by atoms with E-state index in [1.165, 1.54) is 163 Å². The molecule has 2 heterocycles. The minimum atomic E-state index is -0.0620. The zero-order chi connectivity index (χ0) is 53.7. The highest BCUT2D eigenvalue weighted by atomic mass is 15.2. The van der Waals surface area contributed by atoms with E-state index in [1.54, 1.807) is 0 Å². The van der Waals surface area contributed by atoms with E-state index in [-0.39, 0.29) is 55.4 Å². The van der Waals surface area contributed by atoms with E-state index >= 15 is 0 Å². The number of nitrogens with zero attached hydrogens (tertiary/aromatic N) is 2. The van der Waals surface area contributed by atoms with Gasteiger partial charge in [-0.05, 0) is 226 Å². The van der Waals surface area contributed by atoms with E-state index in [4.69, 9.17) is 0 Å². The third kappa shape index (κ3) is 7.59. The van der Waals surface area contributed by atoms with Crippen molar-refractivity contribution in [3.8, 4) is 11.1 Å². The molecule has 75 heavy (non-hydrogen) atoms. The van der Waals surface area contributed by atoms with Crippen LogP contribution in [0.15, 0.2) is 97.1 Å². The van der Waals surface area contributed by atoms with Crippen LogP contribution in [0.5, 0.6) is 0 Å². The van der Waals surface area contributed by atoms with E-state index in [0.29, 0.717) is 0 Å². The predicted octanol–water partition coefficient (Wildman–Crippen LogP) is 18.1. The summed E-state index contributed by atoms with van der Waals surface area (Å²) in [5.41, 5.74) is 28.8. The molecule has 390 valence electrons. The Morgan fingerprint density at radius 1 is 0.347 bits per heavy atom. The number of hydrogen-bond donors (Lipinski definition) is 0. The van der Waals surface area contributed by atoms with Crippen LogP contribution in [0, 0.1) is 0 Å². The Hall–Kier alpha value is -5.02. The van der Waals surface area contributed by atoms with Crippen molar-refractivity contribution in [3.63, 3.8) is 0 Å². The van der Waals surface area contributed by atoms with Gasteiger partial charge in [-0.25, -0.2) is 0 Å². The lowest BCUT2D eigenvalue weighted by Gasteiger charge is -2.49.